The van der Waals surface area contributed by atoms with Gasteiger partial charge in [-0.15, -0.1) is 21.5 Å². The molecular formula is C26H35N5OS. The van der Waals surface area contributed by atoms with E-state index in [1.54, 1.807) is 18.3 Å². The number of aromatic nitrogens is 3. The van der Waals surface area contributed by atoms with Gasteiger partial charge in [-0.25, -0.2) is 0 Å². The number of amides is 1. The van der Waals surface area contributed by atoms with Gasteiger partial charge in [0.05, 0.1) is 6.04 Å². The summed E-state index contributed by atoms with van der Waals surface area (Å²) in [5.41, 5.74) is 1.26. The van der Waals surface area contributed by atoms with Gasteiger partial charge in [-0.05, 0) is 61.4 Å². The van der Waals surface area contributed by atoms with Crippen molar-refractivity contribution in [2.24, 2.45) is 0 Å². The number of piperidine rings is 1. The van der Waals surface area contributed by atoms with Gasteiger partial charge < -0.3 is 9.88 Å². The number of nitrogens with zero attached hydrogens (tertiary/aromatic N) is 4. The highest BCUT2D eigenvalue weighted by Gasteiger charge is 2.42. The largest absolute Gasteiger partial charge is 0.349 e. The number of carbonyl (C=O) groups excluding carboxylic acids is 1. The van der Waals surface area contributed by atoms with Crippen molar-refractivity contribution in [1.82, 2.24) is 25.0 Å². The van der Waals surface area contributed by atoms with Crippen LogP contribution in [0.1, 0.15) is 88.1 Å². The van der Waals surface area contributed by atoms with Crippen LogP contribution < -0.4 is 5.32 Å². The first-order valence-electron chi connectivity index (χ1n) is 12.3. The Bertz CT molecular complexity index is 1120. The van der Waals surface area contributed by atoms with Gasteiger partial charge in [-0.2, -0.15) is 0 Å². The van der Waals surface area contributed by atoms with E-state index in [2.05, 4.69) is 75.4 Å². The topological polar surface area (TPSA) is 63.1 Å². The average molecular weight is 466 g/mol. The molecule has 0 aliphatic carbocycles. The fourth-order valence-corrected chi connectivity index (χ4v) is 7.16. The third kappa shape index (κ3) is 4.33. The Hall–Kier alpha value is -2.25. The van der Waals surface area contributed by atoms with Crippen molar-refractivity contribution in [2.45, 2.75) is 89.9 Å². The number of hydrogen-bond donors (Lipinski definition) is 1. The fourth-order valence-electron chi connectivity index (χ4n) is 6.15. The normalized spacial score (nSPS) is 24.0. The number of hydrogen-bond acceptors (Lipinski definition) is 5. The van der Waals surface area contributed by atoms with Crippen LogP contribution in [0.15, 0.2) is 29.6 Å². The lowest BCUT2D eigenvalue weighted by atomic mass is 9.95. The first kappa shape index (κ1) is 22.5. The minimum Gasteiger partial charge on any atom is -0.349 e. The number of rotatable bonds is 7. The quantitative estimate of drug-likeness (QED) is 0.510. The van der Waals surface area contributed by atoms with E-state index in [1.807, 2.05) is 0 Å². The predicted octanol–water partition coefficient (Wildman–Crippen LogP) is 5.36. The number of carbonyl (C=O) groups is 1. The van der Waals surface area contributed by atoms with Gasteiger partial charge in [0.1, 0.15) is 11.6 Å². The molecule has 0 spiro atoms. The molecule has 176 valence electrons. The molecule has 7 heteroatoms. The minimum absolute atomic E-state index is 0.0428. The van der Waals surface area contributed by atoms with Crippen molar-refractivity contribution < 1.29 is 4.79 Å². The highest BCUT2D eigenvalue weighted by atomic mass is 32.1. The van der Waals surface area contributed by atoms with Crippen molar-refractivity contribution >= 4 is 27.3 Å². The Morgan fingerprint density at radius 3 is 2.58 bits per heavy atom. The fraction of sp³-hybridized carbons (Fsp3) is 0.577. The minimum atomic E-state index is 0.0428. The summed E-state index contributed by atoms with van der Waals surface area (Å²) in [6, 6.07) is 10.3. The standard InChI is InChI=1S/C26H35N5OS/c1-16(2)26-29-28-17(3)31(26)21-13-19-9-10-20(14-21)30(19)12-11-24(27-18(4)32)23-15-33-25-8-6-5-7-22(23)25/h5-8,15-16,19-21,24H,9-14H2,1-4H3,(H,27,32). The maximum atomic E-state index is 12.0. The van der Waals surface area contributed by atoms with Crippen LogP contribution in [0.5, 0.6) is 0 Å². The first-order valence-corrected chi connectivity index (χ1v) is 13.2. The maximum Gasteiger partial charge on any atom is 0.217 e. The summed E-state index contributed by atoms with van der Waals surface area (Å²) < 4.78 is 3.71. The molecule has 0 saturated carbocycles. The molecule has 2 bridgehead atoms. The lowest BCUT2D eigenvalue weighted by Gasteiger charge is -2.40. The monoisotopic (exact) mass is 465 g/mol. The van der Waals surface area contributed by atoms with Crippen molar-refractivity contribution in [3.8, 4) is 0 Å². The van der Waals surface area contributed by atoms with Crippen LogP contribution in [0.3, 0.4) is 0 Å². The van der Waals surface area contributed by atoms with Crippen molar-refractivity contribution in [1.29, 1.82) is 0 Å². The molecular weight excluding hydrogens is 430 g/mol. The van der Waals surface area contributed by atoms with Crippen LogP contribution in [0, 0.1) is 6.92 Å². The number of thiophene rings is 1. The molecule has 2 saturated heterocycles. The Morgan fingerprint density at radius 1 is 1.15 bits per heavy atom. The van der Waals surface area contributed by atoms with E-state index in [4.69, 9.17) is 0 Å². The summed E-state index contributed by atoms with van der Waals surface area (Å²) in [5, 5.41) is 15.6. The number of nitrogens with one attached hydrogen (secondary N) is 1. The van der Waals surface area contributed by atoms with E-state index in [0.717, 1.165) is 24.6 Å². The molecule has 3 unspecified atom stereocenters. The second-order valence-corrected chi connectivity index (χ2v) is 11.0. The van der Waals surface area contributed by atoms with E-state index in [0.29, 0.717) is 24.0 Å². The van der Waals surface area contributed by atoms with Crippen LogP contribution in [-0.4, -0.2) is 44.2 Å². The maximum absolute atomic E-state index is 12.0. The Labute approximate surface area is 200 Å². The molecule has 1 N–H and O–H groups in total. The van der Waals surface area contributed by atoms with E-state index in [1.165, 1.54) is 41.3 Å². The molecule has 2 fully saturated rings. The lowest BCUT2D eigenvalue weighted by molar-refractivity contribution is -0.119. The third-order valence-corrected chi connectivity index (χ3v) is 8.56. The highest BCUT2D eigenvalue weighted by Crippen LogP contribution is 2.42. The molecule has 4 heterocycles. The van der Waals surface area contributed by atoms with Gasteiger partial charge >= 0.3 is 0 Å². The van der Waals surface area contributed by atoms with E-state index in [-0.39, 0.29) is 11.9 Å². The molecule has 2 aliphatic heterocycles. The summed E-state index contributed by atoms with van der Waals surface area (Å²) in [6.07, 6.45) is 5.82. The third-order valence-electron chi connectivity index (χ3n) is 7.57. The number of fused-ring (bicyclic) bond motifs is 3. The Kier molecular flexibility index (Phi) is 6.27. The molecule has 2 aliphatic rings. The van der Waals surface area contributed by atoms with Gasteiger partial charge in [0.2, 0.25) is 5.91 Å². The summed E-state index contributed by atoms with van der Waals surface area (Å²) >= 11 is 1.77. The molecule has 3 atom stereocenters. The molecule has 2 aromatic heterocycles. The number of benzene rings is 1. The Morgan fingerprint density at radius 2 is 1.88 bits per heavy atom. The van der Waals surface area contributed by atoms with Crippen LogP contribution in [0.25, 0.3) is 10.1 Å². The summed E-state index contributed by atoms with van der Waals surface area (Å²) in [7, 11) is 0. The van der Waals surface area contributed by atoms with Crippen LogP contribution in [-0.2, 0) is 4.79 Å². The van der Waals surface area contributed by atoms with Gasteiger partial charge in [0, 0.05) is 42.2 Å². The van der Waals surface area contributed by atoms with Crippen molar-refractivity contribution in [2.75, 3.05) is 6.54 Å². The predicted molar refractivity (Wildman–Crippen MR) is 134 cm³/mol. The second kappa shape index (κ2) is 9.18. The van der Waals surface area contributed by atoms with Crippen LogP contribution >= 0.6 is 11.3 Å². The molecule has 1 aromatic carbocycles. The molecule has 6 nitrogen and oxygen atoms in total. The molecule has 5 rings (SSSR count). The smallest absolute Gasteiger partial charge is 0.217 e. The lowest BCUT2D eigenvalue weighted by Crippen LogP contribution is -2.45. The zero-order chi connectivity index (χ0) is 23.1. The van der Waals surface area contributed by atoms with Crippen LogP contribution in [0.2, 0.25) is 0 Å². The first-order chi connectivity index (χ1) is 15.9. The van der Waals surface area contributed by atoms with Gasteiger partial charge in [-0.1, -0.05) is 32.0 Å². The Balaban J connectivity index is 1.31. The summed E-state index contributed by atoms with van der Waals surface area (Å²) in [4.78, 5) is 14.8. The van der Waals surface area contributed by atoms with Gasteiger partial charge in [0.15, 0.2) is 0 Å². The summed E-state index contributed by atoms with van der Waals surface area (Å²) in [6.45, 7) is 9.16. The van der Waals surface area contributed by atoms with E-state index < -0.39 is 0 Å². The summed E-state index contributed by atoms with van der Waals surface area (Å²) in [5.74, 6) is 2.61. The van der Waals surface area contributed by atoms with E-state index in [9.17, 15) is 4.79 Å². The van der Waals surface area contributed by atoms with Crippen LogP contribution in [0.4, 0.5) is 0 Å². The zero-order valence-corrected chi connectivity index (χ0v) is 20.9. The zero-order valence-electron chi connectivity index (χ0n) is 20.1. The molecule has 33 heavy (non-hydrogen) atoms. The molecule has 1 amide bonds. The highest BCUT2D eigenvalue weighted by molar-refractivity contribution is 7.17. The van der Waals surface area contributed by atoms with Gasteiger partial charge in [0.25, 0.3) is 0 Å². The number of aryl methyl sites for hydroxylation is 1. The molecule has 0 radical (unpaired) electrons. The van der Waals surface area contributed by atoms with Gasteiger partial charge in [-0.3, -0.25) is 9.69 Å². The van der Waals surface area contributed by atoms with E-state index >= 15 is 0 Å². The van der Waals surface area contributed by atoms with Crippen molar-refractivity contribution in [3.63, 3.8) is 0 Å². The molecule has 3 aromatic rings. The van der Waals surface area contributed by atoms with Crippen molar-refractivity contribution in [3.05, 3.63) is 46.9 Å². The SMILES string of the molecule is CC(=O)NC(CCN1C2CCC1CC(n1c(C)nnc1C(C)C)C2)c1csc2ccccc12. The average Bonchev–Trinajstić information content (AvgIpc) is 3.44. The second-order valence-electron chi connectivity index (χ2n) is 10.1.